The highest BCUT2D eigenvalue weighted by Gasteiger charge is 2.19. The van der Waals surface area contributed by atoms with Crippen molar-refractivity contribution in [2.75, 3.05) is 20.1 Å². The van der Waals surface area contributed by atoms with Gasteiger partial charge in [-0.3, -0.25) is 0 Å². The highest BCUT2D eigenvalue weighted by molar-refractivity contribution is 9.10. The fourth-order valence-corrected chi connectivity index (χ4v) is 2.95. The van der Waals surface area contributed by atoms with Gasteiger partial charge in [0, 0.05) is 23.1 Å². The number of likely N-dealkylation sites (tertiary alicyclic amines) is 1. The maximum Gasteiger partial charge on any atom is 0.0295 e. The van der Waals surface area contributed by atoms with Gasteiger partial charge in [-0.05, 0) is 51.1 Å². The van der Waals surface area contributed by atoms with Gasteiger partial charge in [0.1, 0.15) is 0 Å². The average molecular weight is 297 g/mol. The number of hydrogen-bond acceptors (Lipinski definition) is 2. The second-order valence-electron chi connectivity index (χ2n) is 5.04. The molecule has 0 amide bonds. The third-order valence-electron chi connectivity index (χ3n) is 3.46. The first-order valence-electron chi connectivity index (χ1n) is 6.35. The summed E-state index contributed by atoms with van der Waals surface area (Å²) < 4.78 is 1.16. The van der Waals surface area contributed by atoms with E-state index in [9.17, 15) is 0 Å². The molecule has 1 aliphatic rings. The zero-order valence-corrected chi connectivity index (χ0v) is 12.2. The smallest absolute Gasteiger partial charge is 0.0295 e. The van der Waals surface area contributed by atoms with Crippen LogP contribution in [0.15, 0.2) is 28.7 Å². The van der Waals surface area contributed by atoms with Gasteiger partial charge in [0.15, 0.2) is 0 Å². The number of nitrogens with one attached hydrogen (secondary N) is 1. The van der Waals surface area contributed by atoms with Crippen molar-refractivity contribution in [2.45, 2.75) is 31.8 Å². The Hall–Kier alpha value is -0.380. The van der Waals surface area contributed by atoms with Crippen molar-refractivity contribution in [3.8, 4) is 0 Å². The van der Waals surface area contributed by atoms with Gasteiger partial charge in [-0.2, -0.15) is 0 Å². The van der Waals surface area contributed by atoms with Crippen molar-refractivity contribution in [2.24, 2.45) is 0 Å². The Kier molecular flexibility index (Phi) is 4.60. The molecular weight excluding hydrogens is 276 g/mol. The van der Waals surface area contributed by atoms with Gasteiger partial charge in [-0.1, -0.05) is 28.1 Å². The summed E-state index contributed by atoms with van der Waals surface area (Å²) in [7, 11) is 2.21. The first kappa shape index (κ1) is 13.1. The second-order valence-corrected chi connectivity index (χ2v) is 5.96. The molecule has 0 bridgehead atoms. The molecule has 94 valence electrons. The molecule has 3 heteroatoms. The molecule has 1 aliphatic heterocycles. The van der Waals surface area contributed by atoms with Crippen LogP contribution in [0.25, 0.3) is 0 Å². The number of hydrogen-bond donors (Lipinski definition) is 1. The fourth-order valence-electron chi connectivity index (χ4n) is 2.53. The molecule has 2 atom stereocenters. The molecule has 1 N–H and O–H groups in total. The Balaban J connectivity index is 1.94. The number of nitrogens with zero attached hydrogens (tertiary/aromatic N) is 1. The van der Waals surface area contributed by atoms with Crippen molar-refractivity contribution in [1.82, 2.24) is 10.2 Å². The predicted octanol–water partition coefficient (Wildman–Crippen LogP) is 3.19. The Morgan fingerprint density at radius 1 is 1.47 bits per heavy atom. The van der Waals surface area contributed by atoms with Crippen molar-refractivity contribution in [3.63, 3.8) is 0 Å². The zero-order valence-electron chi connectivity index (χ0n) is 10.6. The van der Waals surface area contributed by atoms with Crippen LogP contribution in [0.4, 0.5) is 0 Å². The van der Waals surface area contributed by atoms with E-state index in [1.165, 1.54) is 31.5 Å². The number of benzene rings is 1. The molecule has 1 heterocycles. The van der Waals surface area contributed by atoms with Gasteiger partial charge < -0.3 is 10.2 Å². The minimum absolute atomic E-state index is 0.420. The quantitative estimate of drug-likeness (QED) is 0.921. The lowest BCUT2D eigenvalue weighted by atomic mass is 10.0. The second kappa shape index (κ2) is 5.98. The first-order chi connectivity index (χ1) is 8.15. The molecule has 2 rings (SSSR count). The molecule has 17 heavy (non-hydrogen) atoms. The first-order valence-corrected chi connectivity index (χ1v) is 7.14. The summed E-state index contributed by atoms with van der Waals surface area (Å²) in [5.41, 5.74) is 1.35. The largest absolute Gasteiger partial charge is 0.306 e. The normalized spacial score (nSPS) is 23.6. The molecule has 0 saturated carbocycles. The van der Waals surface area contributed by atoms with Gasteiger partial charge in [0.05, 0.1) is 0 Å². The van der Waals surface area contributed by atoms with Crippen molar-refractivity contribution in [3.05, 3.63) is 34.3 Å². The number of halogens is 1. The van der Waals surface area contributed by atoms with Crippen LogP contribution in [0.3, 0.4) is 0 Å². The minimum Gasteiger partial charge on any atom is -0.306 e. The molecule has 1 aromatic carbocycles. The van der Waals surface area contributed by atoms with Crippen LogP contribution in [0.1, 0.15) is 31.4 Å². The van der Waals surface area contributed by atoms with Crippen LogP contribution in [-0.4, -0.2) is 31.1 Å². The summed E-state index contributed by atoms with van der Waals surface area (Å²) in [6, 6.07) is 9.61. The topological polar surface area (TPSA) is 15.3 Å². The summed E-state index contributed by atoms with van der Waals surface area (Å²) in [5, 5.41) is 3.73. The number of rotatable bonds is 3. The van der Waals surface area contributed by atoms with Crippen LogP contribution < -0.4 is 5.32 Å². The minimum atomic E-state index is 0.420. The maximum atomic E-state index is 3.73. The predicted molar refractivity (Wildman–Crippen MR) is 76.2 cm³/mol. The standard InChI is InChI=1S/C14H21BrN2/c1-11(12-5-3-6-13(15)9-12)16-14-7-4-8-17(2)10-14/h3,5-6,9,11,14,16H,4,7-8,10H2,1-2H3/t11-,14?/m1/s1. The lowest BCUT2D eigenvalue weighted by molar-refractivity contribution is 0.218. The lowest BCUT2D eigenvalue weighted by Gasteiger charge is -2.32. The van der Waals surface area contributed by atoms with E-state index in [1.807, 2.05) is 0 Å². The molecule has 0 radical (unpaired) electrons. The van der Waals surface area contributed by atoms with E-state index >= 15 is 0 Å². The summed E-state index contributed by atoms with van der Waals surface area (Å²) in [5.74, 6) is 0. The van der Waals surface area contributed by atoms with Gasteiger partial charge in [0.25, 0.3) is 0 Å². The van der Waals surface area contributed by atoms with Crippen molar-refractivity contribution >= 4 is 15.9 Å². The molecule has 0 spiro atoms. The Morgan fingerprint density at radius 2 is 2.29 bits per heavy atom. The van der Waals surface area contributed by atoms with Crippen LogP contribution in [0, 0.1) is 0 Å². The summed E-state index contributed by atoms with van der Waals surface area (Å²) >= 11 is 3.53. The van der Waals surface area contributed by atoms with Crippen LogP contribution >= 0.6 is 15.9 Å². The van der Waals surface area contributed by atoms with E-state index in [4.69, 9.17) is 0 Å². The SMILES string of the molecule is C[C@@H](NC1CCCN(C)C1)c1cccc(Br)c1. The molecule has 1 aromatic rings. The monoisotopic (exact) mass is 296 g/mol. The molecule has 1 unspecified atom stereocenters. The zero-order chi connectivity index (χ0) is 12.3. The third-order valence-corrected chi connectivity index (χ3v) is 3.95. The van der Waals surface area contributed by atoms with Crippen LogP contribution in [0.5, 0.6) is 0 Å². The molecule has 0 aromatic heterocycles. The Labute approximate surface area is 113 Å². The molecular formula is C14H21BrN2. The van der Waals surface area contributed by atoms with Gasteiger partial charge in [0.2, 0.25) is 0 Å². The molecule has 2 nitrogen and oxygen atoms in total. The fraction of sp³-hybridized carbons (Fsp3) is 0.571. The maximum absolute atomic E-state index is 3.73. The van der Waals surface area contributed by atoms with Gasteiger partial charge in [-0.15, -0.1) is 0 Å². The summed E-state index contributed by atoms with van der Waals surface area (Å²) in [6.07, 6.45) is 2.60. The third kappa shape index (κ3) is 3.80. The number of piperidine rings is 1. The summed E-state index contributed by atoms with van der Waals surface area (Å²) in [4.78, 5) is 2.41. The molecule has 1 fully saturated rings. The molecule has 1 saturated heterocycles. The lowest BCUT2D eigenvalue weighted by Crippen LogP contribution is -2.44. The van der Waals surface area contributed by atoms with Crippen molar-refractivity contribution in [1.29, 1.82) is 0 Å². The van der Waals surface area contributed by atoms with Crippen LogP contribution in [-0.2, 0) is 0 Å². The van der Waals surface area contributed by atoms with E-state index < -0.39 is 0 Å². The average Bonchev–Trinajstić information content (AvgIpc) is 2.29. The highest BCUT2D eigenvalue weighted by atomic mass is 79.9. The van der Waals surface area contributed by atoms with E-state index in [2.05, 4.69) is 64.4 Å². The van der Waals surface area contributed by atoms with E-state index in [0.29, 0.717) is 12.1 Å². The molecule has 0 aliphatic carbocycles. The van der Waals surface area contributed by atoms with E-state index in [1.54, 1.807) is 0 Å². The number of likely N-dealkylation sites (N-methyl/N-ethyl adjacent to an activating group) is 1. The van der Waals surface area contributed by atoms with Crippen LogP contribution in [0.2, 0.25) is 0 Å². The van der Waals surface area contributed by atoms with Crippen molar-refractivity contribution < 1.29 is 0 Å². The summed E-state index contributed by atoms with van der Waals surface area (Å²) in [6.45, 7) is 4.65. The van der Waals surface area contributed by atoms with Gasteiger partial charge in [-0.25, -0.2) is 0 Å². The van der Waals surface area contributed by atoms with E-state index in [0.717, 1.165) is 4.47 Å². The highest BCUT2D eigenvalue weighted by Crippen LogP contribution is 2.19. The Bertz CT molecular complexity index is 367. The Morgan fingerprint density at radius 3 is 3.00 bits per heavy atom. The van der Waals surface area contributed by atoms with E-state index in [-0.39, 0.29) is 0 Å². The van der Waals surface area contributed by atoms with Gasteiger partial charge >= 0.3 is 0 Å².